The molecule has 1 N–H and O–H groups in total. The molecule has 0 saturated heterocycles. The van der Waals surface area contributed by atoms with E-state index in [1.807, 2.05) is 68.4 Å². The molecule has 0 heterocycles. The summed E-state index contributed by atoms with van der Waals surface area (Å²) < 4.78 is 26.7. The van der Waals surface area contributed by atoms with Crippen LogP contribution in [0.1, 0.15) is 36.5 Å². The second kappa shape index (κ2) is 14.5. The largest absolute Gasteiger partial charge is 0.354 e. The van der Waals surface area contributed by atoms with Crippen molar-refractivity contribution in [2.24, 2.45) is 0 Å². The van der Waals surface area contributed by atoms with Crippen LogP contribution >= 0.6 is 23.2 Å². The fourth-order valence-corrected chi connectivity index (χ4v) is 5.71. The molecule has 7 nitrogen and oxygen atoms in total. The van der Waals surface area contributed by atoms with Gasteiger partial charge >= 0.3 is 0 Å². The molecule has 0 aliphatic rings. The fourth-order valence-electron chi connectivity index (χ4n) is 4.36. The molecule has 0 aliphatic carbocycles. The van der Waals surface area contributed by atoms with Crippen LogP contribution in [0.15, 0.2) is 72.8 Å². The number of hydrogen-bond acceptors (Lipinski definition) is 4. The Hall–Kier alpha value is -3.07. The molecule has 3 rings (SSSR count). The maximum absolute atomic E-state index is 14.1. The van der Waals surface area contributed by atoms with E-state index in [1.54, 1.807) is 0 Å². The molecule has 0 radical (unpaired) electrons. The molecule has 0 bridgehead atoms. The van der Waals surface area contributed by atoms with E-state index >= 15 is 0 Å². The number of unbranched alkanes of at least 4 members (excludes halogenated alkanes) is 1. The summed E-state index contributed by atoms with van der Waals surface area (Å²) in [6.45, 7) is 4.04. The van der Waals surface area contributed by atoms with Gasteiger partial charge in [-0.1, -0.05) is 96.7 Å². The lowest BCUT2D eigenvalue weighted by molar-refractivity contribution is -0.140. The van der Waals surface area contributed by atoms with Gasteiger partial charge < -0.3 is 10.2 Å². The summed E-state index contributed by atoms with van der Waals surface area (Å²) in [5.41, 5.74) is 2.87. The Balaban J connectivity index is 2.05. The average molecular weight is 605 g/mol. The van der Waals surface area contributed by atoms with Crippen LogP contribution in [0.25, 0.3) is 0 Å². The number of hydrogen-bond donors (Lipinski definition) is 1. The third kappa shape index (κ3) is 9.25. The molecule has 40 heavy (non-hydrogen) atoms. The van der Waals surface area contributed by atoms with Crippen molar-refractivity contribution in [3.8, 4) is 0 Å². The van der Waals surface area contributed by atoms with Gasteiger partial charge in [-0.25, -0.2) is 8.42 Å². The number of anilines is 1. The van der Waals surface area contributed by atoms with Gasteiger partial charge in [-0.2, -0.15) is 0 Å². The Kier molecular flexibility index (Phi) is 11.4. The van der Waals surface area contributed by atoms with Gasteiger partial charge in [0.1, 0.15) is 12.6 Å². The number of halogens is 2. The van der Waals surface area contributed by atoms with Gasteiger partial charge in [-0.3, -0.25) is 13.9 Å². The average Bonchev–Trinajstić information content (AvgIpc) is 2.88. The van der Waals surface area contributed by atoms with Gasteiger partial charge in [-0.05, 0) is 42.7 Å². The first-order valence-corrected chi connectivity index (χ1v) is 15.7. The maximum Gasteiger partial charge on any atom is 0.244 e. The first-order chi connectivity index (χ1) is 19.0. The first-order valence-electron chi connectivity index (χ1n) is 13.1. The molecule has 10 heteroatoms. The van der Waals surface area contributed by atoms with Crippen molar-refractivity contribution < 1.29 is 18.0 Å². The SMILES string of the molecule is CCCCNC(=O)[C@@H](Cc1ccccc1)N(Cc1cccc(C)c1)C(=O)CN(c1cc(Cl)cc(Cl)c1)S(C)(=O)=O. The molecule has 0 aliphatic heterocycles. The molecule has 0 aromatic heterocycles. The number of rotatable bonds is 13. The normalized spacial score (nSPS) is 12.0. The minimum Gasteiger partial charge on any atom is -0.354 e. The third-order valence-electron chi connectivity index (χ3n) is 6.35. The number of carbonyl (C=O) groups is 2. The van der Waals surface area contributed by atoms with E-state index in [1.165, 1.54) is 23.1 Å². The number of amides is 2. The Bertz CT molecular complexity index is 1400. The van der Waals surface area contributed by atoms with Gasteiger partial charge in [0.15, 0.2) is 0 Å². The highest BCUT2D eigenvalue weighted by molar-refractivity contribution is 7.92. The summed E-state index contributed by atoms with van der Waals surface area (Å²) in [5.74, 6) is -0.829. The van der Waals surface area contributed by atoms with E-state index in [4.69, 9.17) is 23.2 Å². The lowest BCUT2D eigenvalue weighted by Crippen LogP contribution is -2.53. The summed E-state index contributed by atoms with van der Waals surface area (Å²) in [4.78, 5) is 29.1. The highest BCUT2D eigenvalue weighted by Gasteiger charge is 2.33. The number of carbonyl (C=O) groups excluding carboxylic acids is 2. The van der Waals surface area contributed by atoms with Crippen LogP contribution in [-0.2, 0) is 32.6 Å². The Morgan fingerprint density at radius 2 is 1.57 bits per heavy atom. The number of benzene rings is 3. The van der Waals surface area contributed by atoms with Gasteiger partial charge in [0, 0.05) is 29.6 Å². The zero-order chi connectivity index (χ0) is 29.3. The quantitative estimate of drug-likeness (QED) is 0.257. The Morgan fingerprint density at radius 3 is 2.17 bits per heavy atom. The number of aryl methyl sites for hydroxylation is 1. The molecule has 3 aromatic rings. The van der Waals surface area contributed by atoms with Crippen LogP contribution < -0.4 is 9.62 Å². The predicted octanol–water partition coefficient (Wildman–Crippen LogP) is 5.62. The second-order valence-electron chi connectivity index (χ2n) is 9.76. The molecule has 0 spiro atoms. The molecule has 214 valence electrons. The fraction of sp³-hybridized carbons (Fsp3) is 0.333. The van der Waals surface area contributed by atoms with Crippen LogP contribution in [0.5, 0.6) is 0 Å². The lowest BCUT2D eigenvalue weighted by atomic mass is 10.0. The third-order valence-corrected chi connectivity index (χ3v) is 7.93. The van der Waals surface area contributed by atoms with E-state index in [0.29, 0.717) is 6.54 Å². The predicted molar refractivity (Wildman–Crippen MR) is 162 cm³/mol. The van der Waals surface area contributed by atoms with Crippen LogP contribution in [0.4, 0.5) is 5.69 Å². The molecule has 0 fully saturated rings. The van der Waals surface area contributed by atoms with E-state index in [0.717, 1.165) is 40.1 Å². The lowest BCUT2D eigenvalue weighted by Gasteiger charge is -2.33. The molecular weight excluding hydrogens is 569 g/mol. The van der Waals surface area contributed by atoms with Crippen molar-refractivity contribution in [2.45, 2.75) is 45.7 Å². The summed E-state index contributed by atoms with van der Waals surface area (Å²) in [7, 11) is -3.91. The van der Waals surface area contributed by atoms with E-state index < -0.39 is 28.5 Å². The number of sulfonamides is 1. The topological polar surface area (TPSA) is 86.8 Å². The minimum atomic E-state index is -3.91. The second-order valence-corrected chi connectivity index (χ2v) is 12.5. The first kappa shape index (κ1) is 31.5. The zero-order valence-corrected chi connectivity index (χ0v) is 25.3. The molecule has 0 saturated carbocycles. The zero-order valence-electron chi connectivity index (χ0n) is 22.9. The summed E-state index contributed by atoms with van der Waals surface area (Å²) >= 11 is 12.3. The van der Waals surface area contributed by atoms with Crippen LogP contribution in [0, 0.1) is 6.92 Å². The number of nitrogens with one attached hydrogen (secondary N) is 1. The summed E-state index contributed by atoms with van der Waals surface area (Å²) in [6.07, 6.45) is 2.98. The molecule has 1 atom stereocenters. The Labute approximate surface area is 247 Å². The minimum absolute atomic E-state index is 0.118. The Morgan fingerprint density at radius 1 is 0.925 bits per heavy atom. The van der Waals surface area contributed by atoms with Gasteiger partial charge in [0.05, 0.1) is 11.9 Å². The van der Waals surface area contributed by atoms with Crippen LogP contribution in [0.3, 0.4) is 0 Å². The molecule has 2 amide bonds. The smallest absolute Gasteiger partial charge is 0.244 e. The van der Waals surface area contributed by atoms with Crippen molar-refractivity contribution in [1.29, 1.82) is 0 Å². The summed E-state index contributed by atoms with van der Waals surface area (Å²) in [5, 5.41) is 3.43. The van der Waals surface area contributed by atoms with Crippen molar-refractivity contribution in [2.75, 3.05) is 23.7 Å². The van der Waals surface area contributed by atoms with Crippen molar-refractivity contribution in [3.63, 3.8) is 0 Å². The highest BCUT2D eigenvalue weighted by Crippen LogP contribution is 2.27. The van der Waals surface area contributed by atoms with E-state index in [2.05, 4.69) is 5.32 Å². The van der Waals surface area contributed by atoms with Crippen LogP contribution in [-0.4, -0.2) is 50.5 Å². The van der Waals surface area contributed by atoms with Gasteiger partial charge in [0.2, 0.25) is 21.8 Å². The van der Waals surface area contributed by atoms with Crippen molar-refractivity contribution in [3.05, 3.63) is 99.5 Å². The number of nitrogens with zero attached hydrogens (tertiary/aromatic N) is 2. The molecule has 3 aromatic carbocycles. The summed E-state index contributed by atoms with van der Waals surface area (Å²) in [6, 6.07) is 20.6. The van der Waals surface area contributed by atoms with Gasteiger partial charge in [-0.15, -0.1) is 0 Å². The molecule has 0 unspecified atom stereocenters. The van der Waals surface area contributed by atoms with E-state index in [9.17, 15) is 18.0 Å². The highest BCUT2D eigenvalue weighted by atomic mass is 35.5. The van der Waals surface area contributed by atoms with Gasteiger partial charge in [0.25, 0.3) is 0 Å². The molecular formula is C30H35Cl2N3O4S. The van der Waals surface area contributed by atoms with Crippen LogP contribution in [0.2, 0.25) is 10.0 Å². The maximum atomic E-state index is 14.1. The van der Waals surface area contributed by atoms with Crippen molar-refractivity contribution in [1.82, 2.24) is 10.2 Å². The van der Waals surface area contributed by atoms with E-state index in [-0.39, 0.29) is 34.6 Å². The monoisotopic (exact) mass is 603 g/mol. The van der Waals surface area contributed by atoms with Crippen molar-refractivity contribution >= 4 is 50.7 Å². The standard InChI is InChI=1S/C30H35Cl2N3O4S/c1-4-5-14-33-30(37)28(16-23-11-7-6-8-12-23)34(20-24-13-9-10-22(2)15-24)29(36)21-35(40(3,38)39)27-18-25(31)17-26(32)19-27/h6-13,15,17-19,28H,4-5,14,16,20-21H2,1-3H3,(H,33,37)/t28-/m1/s1.